The van der Waals surface area contributed by atoms with Gasteiger partial charge in [0.05, 0.1) is 12.7 Å². The van der Waals surface area contributed by atoms with Gasteiger partial charge in [0, 0.05) is 12.8 Å². The molecule has 1 saturated carbocycles. The van der Waals surface area contributed by atoms with Crippen molar-refractivity contribution in [1.82, 2.24) is 0 Å². The summed E-state index contributed by atoms with van der Waals surface area (Å²) < 4.78 is 33.5. The lowest BCUT2D eigenvalue weighted by Crippen LogP contribution is -2.64. The predicted octanol–water partition coefficient (Wildman–Crippen LogP) is 8.92. The maximum atomic E-state index is 12.8. The van der Waals surface area contributed by atoms with Crippen LogP contribution in [0.25, 0.3) is 0 Å². The van der Waals surface area contributed by atoms with Gasteiger partial charge in [0.1, 0.15) is 43.2 Å². The first kappa shape index (κ1) is 59.8. The molecular weight excluding hydrogens is 843 g/mol. The van der Waals surface area contributed by atoms with E-state index in [2.05, 4.69) is 26.0 Å². The second kappa shape index (κ2) is 38.8. The monoisotopic (exact) mass is 931 g/mol. The smallest absolute Gasteiger partial charge is 0.462 e. The Balaban J connectivity index is 2.50. The molecule has 0 spiro atoms. The van der Waals surface area contributed by atoms with Crippen molar-refractivity contribution in [3.8, 4) is 0 Å². The van der Waals surface area contributed by atoms with Gasteiger partial charge in [-0.2, -0.15) is 0 Å². The van der Waals surface area contributed by atoms with Crippen molar-refractivity contribution in [2.24, 2.45) is 0 Å². The Bertz CT molecular complexity index is 1320. The molecule has 0 bridgehead atoms. The van der Waals surface area contributed by atoms with Gasteiger partial charge in [0.2, 0.25) is 0 Å². The van der Waals surface area contributed by atoms with Crippen LogP contribution in [0.2, 0.25) is 0 Å². The van der Waals surface area contributed by atoms with Gasteiger partial charge < -0.3 is 45.0 Å². The van der Waals surface area contributed by atoms with E-state index in [0.717, 1.165) is 38.5 Å². The summed E-state index contributed by atoms with van der Waals surface area (Å²) in [5.41, 5.74) is 0. The molecule has 9 atom stereocenters. The molecule has 15 heteroatoms. The fourth-order valence-corrected chi connectivity index (χ4v) is 8.22. The third kappa shape index (κ3) is 30.9. The molecule has 4 unspecified atom stereocenters. The standard InChI is InChI=1S/C49H87O14P/c1-3-5-7-9-11-13-14-15-16-17-18-19-20-22-24-28-33-37-43(52)62-41(39-61-64(58,59)63-49-47(56)45(54)44(53)46(55)48(49)57)38-60-42(51)36-32-29-25-27-31-35-40(50)34-30-26-23-21-12-10-8-6-4-2/h12,21,25-27,30-31,35,40-41,44-50,53-57H,3-11,13-20,22-24,28-29,32-34,36-39H2,1-2H3,(H,58,59)/b21-12-,27-25+,30-26-,35-31-/t40?,41-,44?,45-,46+,47-,48-,49?/m1/s1. The van der Waals surface area contributed by atoms with Gasteiger partial charge in [-0.15, -0.1) is 0 Å². The first-order chi connectivity index (χ1) is 30.8. The molecule has 14 nitrogen and oxygen atoms in total. The Morgan fingerprint density at radius 2 is 1.05 bits per heavy atom. The number of hydrogen-bond donors (Lipinski definition) is 7. The fraction of sp³-hybridized carbons (Fsp3) is 0.796. The third-order valence-corrected chi connectivity index (χ3v) is 12.2. The molecule has 372 valence electrons. The number of unbranched alkanes of at least 4 members (excludes halogenated alkanes) is 20. The minimum absolute atomic E-state index is 0.0326. The van der Waals surface area contributed by atoms with Crippen LogP contribution in [0.5, 0.6) is 0 Å². The lowest BCUT2D eigenvalue weighted by molar-refractivity contribution is -0.220. The number of ether oxygens (including phenoxy) is 2. The molecule has 1 aliphatic carbocycles. The molecule has 0 radical (unpaired) electrons. The topological polar surface area (TPSA) is 230 Å². The van der Waals surface area contributed by atoms with Crippen LogP contribution in [0.4, 0.5) is 0 Å². The number of phosphoric acid groups is 1. The molecule has 1 fully saturated rings. The zero-order valence-corrected chi connectivity index (χ0v) is 40.1. The van der Waals surface area contributed by atoms with Crippen molar-refractivity contribution in [3.05, 3.63) is 48.6 Å². The summed E-state index contributed by atoms with van der Waals surface area (Å²) in [6.45, 7) is 3.16. The minimum Gasteiger partial charge on any atom is -0.462 e. The van der Waals surface area contributed by atoms with Gasteiger partial charge in [-0.1, -0.05) is 178 Å². The minimum atomic E-state index is -5.15. The number of carbonyl (C=O) groups is 2. The Hall–Kier alpha value is -2.23. The van der Waals surface area contributed by atoms with Crippen molar-refractivity contribution in [2.75, 3.05) is 13.2 Å². The van der Waals surface area contributed by atoms with Gasteiger partial charge in [-0.25, -0.2) is 4.57 Å². The van der Waals surface area contributed by atoms with Gasteiger partial charge in [-0.05, 0) is 44.9 Å². The number of rotatable bonds is 40. The number of aliphatic hydroxyl groups is 6. The van der Waals surface area contributed by atoms with Crippen molar-refractivity contribution in [2.45, 2.75) is 236 Å². The molecule has 64 heavy (non-hydrogen) atoms. The first-order valence-corrected chi connectivity index (χ1v) is 26.0. The van der Waals surface area contributed by atoms with Crippen LogP contribution < -0.4 is 0 Å². The zero-order valence-electron chi connectivity index (χ0n) is 39.2. The van der Waals surface area contributed by atoms with Gasteiger partial charge >= 0.3 is 19.8 Å². The van der Waals surface area contributed by atoms with Gasteiger partial charge in [0.25, 0.3) is 0 Å². The largest absolute Gasteiger partial charge is 0.472 e. The number of carbonyl (C=O) groups excluding carboxylic acids is 2. The lowest BCUT2D eigenvalue weighted by atomic mass is 9.85. The lowest BCUT2D eigenvalue weighted by Gasteiger charge is -2.41. The van der Waals surface area contributed by atoms with E-state index in [9.17, 15) is 49.7 Å². The number of phosphoric ester groups is 1. The number of hydrogen-bond acceptors (Lipinski definition) is 13. The first-order valence-electron chi connectivity index (χ1n) is 24.5. The maximum absolute atomic E-state index is 12.8. The van der Waals surface area contributed by atoms with Crippen LogP contribution in [0.3, 0.4) is 0 Å². The molecule has 7 N–H and O–H groups in total. The van der Waals surface area contributed by atoms with Crippen molar-refractivity contribution in [3.63, 3.8) is 0 Å². The predicted molar refractivity (Wildman–Crippen MR) is 250 cm³/mol. The molecule has 0 aromatic carbocycles. The van der Waals surface area contributed by atoms with Crippen LogP contribution in [-0.4, -0.2) is 110 Å². The summed E-state index contributed by atoms with van der Waals surface area (Å²) in [5, 5.41) is 60.3. The van der Waals surface area contributed by atoms with E-state index in [4.69, 9.17) is 18.5 Å². The molecule has 0 aliphatic heterocycles. The second-order valence-electron chi connectivity index (χ2n) is 17.2. The Morgan fingerprint density at radius 1 is 0.562 bits per heavy atom. The molecule has 1 aliphatic rings. The van der Waals surface area contributed by atoms with Crippen LogP contribution in [0, 0.1) is 0 Å². The molecule has 0 heterocycles. The highest BCUT2D eigenvalue weighted by Crippen LogP contribution is 2.47. The van der Waals surface area contributed by atoms with E-state index in [0.29, 0.717) is 25.7 Å². The van der Waals surface area contributed by atoms with Crippen molar-refractivity contribution < 1.29 is 68.2 Å². The van der Waals surface area contributed by atoms with Crippen molar-refractivity contribution in [1.29, 1.82) is 0 Å². The van der Waals surface area contributed by atoms with E-state index in [-0.39, 0.29) is 12.8 Å². The van der Waals surface area contributed by atoms with Crippen molar-refractivity contribution >= 4 is 19.8 Å². The highest BCUT2D eigenvalue weighted by atomic mass is 31.2. The van der Waals surface area contributed by atoms with E-state index in [1.165, 1.54) is 96.3 Å². The highest BCUT2D eigenvalue weighted by molar-refractivity contribution is 7.47. The Morgan fingerprint density at radius 3 is 1.62 bits per heavy atom. The van der Waals surface area contributed by atoms with Crippen LogP contribution in [-0.2, 0) is 32.7 Å². The summed E-state index contributed by atoms with van der Waals surface area (Å²) in [7, 11) is -5.15. The number of aliphatic hydroxyl groups excluding tert-OH is 6. The Labute approximate surface area is 384 Å². The van der Waals surface area contributed by atoms with Gasteiger partial charge in [0.15, 0.2) is 6.10 Å². The van der Waals surface area contributed by atoms with E-state index >= 15 is 0 Å². The maximum Gasteiger partial charge on any atom is 0.472 e. The summed E-state index contributed by atoms with van der Waals surface area (Å²) in [4.78, 5) is 35.7. The average molecular weight is 931 g/mol. The average Bonchev–Trinajstić information content (AvgIpc) is 3.27. The quantitative estimate of drug-likeness (QED) is 0.0100. The van der Waals surface area contributed by atoms with Crippen LogP contribution >= 0.6 is 7.82 Å². The van der Waals surface area contributed by atoms with E-state index in [1.54, 1.807) is 18.2 Å². The van der Waals surface area contributed by atoms with E-state index in [1.807, 2.05) is 18.2 Å². The highest BCUT2D eigenvalue weighted by Gasteiger charge is 2.51. The molecule has 0 aromatic heterocycles. The van der Waals surface area contributed by atoms with Crippen LogP contribution in [0.1, 0.15) is 187 Å². The SMILES string of the molecule is CCCCC/C=C\C/C=C\CC(O)/C=C\C=C\CCCC(=O)OC[C@H](COP(=O)(O)OC1[C@H](O)[C@H](O)C(O)[C@H](O)[C@H]1O)OC(=O)CCCCCCCCCCCCCCCCCCC. The normalized spacial score (nSPS) is 22.5. The summed E-state index contributed by atoms with van der Waals surface area (Å²) in [6, 6.07) is 0. The fourth-order valence-electron chi connectivity index (χ4n) is 7.24. The number of allylic oxidation sites excluding steroid dienone is 6. The third-order valence-electron chi connectivity index (χ3n) is 11.3. The van der Waals surface area contributed by atoms with Crippen LogP contribution in [0.15, 0.2) is 48.6 Å². The zero-order chi connectivity index (χ0) is 47.3. The summed E-state index contributed by atoms with van der Waals surface area (Å²) in [6.07, 6.45) is 29.0. The van der Waals surface area contributed by atoms with E-state index < -0.39 is 81.8 Å². The summed E-state index contributed by atoms with van der Waals surface area (Å²) in [5.74, 6) is -1.23. The Kier molecular flexibility index (Phi) is 36.3. The number of esters is 2. The summed E-state index contributed by atoms with van der Waals surface area (Å²) >= 11 is 0. The molecule has 0 amide bonds. The van der Waals surface area contributed by atoms with Gasteiger partial charge in [-0.3, -0.25) is 18.6 Å². The molecular formula is C49H87O14P. The molecule has 1 rings (SSSR count). The molecule has 0 saturated heterocycles. The molecule has 0 aromatic rings. The second-order valence-corrected chi connectivity index (χ2v) is 18.6.